The van der Waals surface area contributed by atoms with Gasteiger partial charge in [0.15, 0.2) is 0 Å². The molecule has 3 N–H and O–H groups in total. The molecule has 0 radical (unpaired) electrons. The second kappa shape index (κ2) is 6.94. The summed E-state index contributed by atoms with van der Waals surface area (Å²) in [5, 5.41) is 6.52. The monoisotopic (exact) mass is 473 g/mol. The number of nitrogens with one attached hydrogen (secondary N) is 1. The molecule has 3 aromatic rings. The standard InChI is InChI=1S/C16H11F3IN5O/c17-16(18,19)9-5-6-13(22-7-9)24-15(26)10-8-23-25(14(10)21)12-4-2-1-3-11(12)20/h1-8H,21H2,(H,22,24,26). The summed E-state index contributed by atoms with van der Waals surface area (Å²) in [5.74, 6) is -0.532. The highest BCUT2D eigenvalue weighted by molar-refractivity contribution is 14.1. The number of rotatable bonds is 3. The highest BCUT2D eigenvalue weighted by Gasteiger charge is 2.30. The van der Waals surface area contributed by atoms with Crippen molar-refractivity contribution < 1.29 is 18.0 Å². The molecule has 0 saturated heterocycles. The molecule has 3 rings (SSSR count). The topological polar surface area (TPSA) is 85.8 Å². The van der Waals surface area contributed by atoms with E-state index in [1.165, 1.54) is 10.9 Å². The van der Waals surface area contributed by atoms with Gasteiger partial charge in [-0.05, 0) is 46.9 Å². The number of carbonyl (C=O) groups is 1. The summed E-state index contributed by atoms with van der Waals surface area (Å²) in [6, 6.07) is 9.23. The quantitative estimate of drug-likeness (QED) is 0.568. The number of nitrogen functional groups attached to an aromatic ring is 1. The maximum absolute atomic E-state index is 12.5. The Kier molecular flexibility index (Phi) is 4.85. The number of nitrogens with zero attached hydrogens (tertiary/aromatic N) is 3. The third kappa shape index (κ3) is 3.64. The highest BCUT2D eigenvalue weighted by atomic mass is 127. The molecule has 1 amide bonds. The zero-order valence-corrected chi connectivity index (χ0v) is 15.1. The predicted octanol–water partition coefficient (Wildman–Crippen LogP) is 3.73. The fourth-order valence-electron chi connectivity index (χ4n) is 2.17. The molecular weight excluding hydrogens is 462 g/mol. The summed E-state index contributed by atoms with van der Waals surface area (Å²) in [6.07, 6.45) is -2.56. The van der Waals surface area contributed by atoms with Gasteiger partial charge in [-0.15, -0.1) is 0 Å². The number of pyridine rings is 1. The molecule has 0 fully saturated rings. The first kappa shape index (κ1) is 18.2. The van der Waals surface area contributed by atoms with Gasteiger partial charge in [-0.3, -0.25) is 4.79 Å². The van der Waals surface area contributed by atoms with Crippen LogP contribution < -0.4 is 11.1 Å². The molecule has 0 bridgehead atoms. The Morgan fingerprint density at radius 3 is 2.50 bits per heavy atom. The third-order valence-electron chi connectivity index (χ3n) is 3.46. The minimum absolute atomic E-state index is 0.0237. The number of anilines is 2. The Hall–Kier alpha value is -2.63. The summed E-state index contributed by atoms with van der Waals surface area (Å²) >= 11 is 2.12. The largest absolute Gasteiger partial charge is 0.417 e. The second-order valence-corrected chi connectivity index (χ2v) is 6.35. The van der Waals surface area contributed by atoms with Gasteiger partial charge >= 0.3 is 6.18 Å². The van der Waals surface area contributed by atoms with Crippen molar-refractivity contribution in [3.63, 3.8) is 0 Å². The number of aromatic nitrogens is 3. The van der Waals surface area contributed by atoms with Crippen molar-refractivity contribution in [1.29, 1.82) is 0 Å². The molecule has 0 aliphatic carbocycles. The third-order valence-corrected chi connectivity index (χ3v) is 4.38. The van der Waals surface area contributed by atoms with E-state index >= 15 is 0 Å². The van der Waals surface area contributed by atoms with Gasteiger partial charge in [0.1, 0.15) is 17.2 Å². The summed E-state index contributed by atoms with van der Waals surface area (Å²) in [6.45, 7) is 0. The summed E-state index contributed by atoms with van der Waals surface area (Å²) < 4.78 is 39.9. The Morgan fingerprint density at radius 2 is 1.88 bits per heavy atom. The number of benzene rings is 1. The van der Waals surface area contributed by atoms with Crippen LogP contribution in [0.2, 0.25) is 0 Å². The Balaban J connectivity index is 1.82. The van der Waals surface area contributed by atoms with Crippen LogP contribution in [0.3, 0.4) is 0 Å². The summed E-state index contributed by atoms with van der Waals surface area (Å²) in [4.78, 5) is 15.9. The first-order chi connectivity index (χ1) is 12.3. The molecule has 0 aliphatic heterocycles. The zero-order valence-electron chi connectivity index (χ0n) is 13.0. The molecule has 0 aliphatic rings. The Bertz CT molecular complexity index is 953. The lowest BCUT2D eigenvalue weighted by molar-refractivity contribution is -0.137. The van der Waals surface area contributed by atoms with Crippen LogP contribution in [0, 0.1) is 3.57 Å². The van der Waals surface area contributed by atoms with E-state index < -0.39 is 17.6 Å². The van der Waals surface area contributed by atoms with Crippen molar-refractivity contribution in [3.05, 3.63) is 63.5 Å². The molecule has 6 nitrogen and oxygen atoms in total. The van der Waals surface area contributed by atoms with Gasteiger partial charge in [0.25, 0.3) is 5.91 Å². The van der Waals surface area contributed by atoms with Crippen LogP contribution in [0.4, 0.5) is 24.8 Å². The van der Waals surface area contributed by atoms with E-state index in [0.717, 1.165) is 15.7 Å². The van der Waals surface area contributed by atoms with Crippen molar-refractivity contribution in [3.8, 4) is 5.69 Å². The minimum Gasteiger partial charge on any atom is -0.383 e. The Morgan fingerprint density at radius 1 is 1.15 bits per heavy atom. The average Bonchev–Trinajstić information content (AvgIpc) is 2.96. The molecule has 0 spiro atoms. The van der Waals surface area contributed by atoms with E-state index in [2.05, 4.69) is 38.0 Å². The number of nitrogens with two attached hydrogens (primary N) is 1. The lowest BCUT2D eigenvalue weighted by Gasteiger charge is -2.09. The highest BCUT2D eigenvalue weighted by Crippen LogP contribution is 2.29. The number of amides is 1. The van der Waals surface area contributed by atoms with Crippen LogP contribution in [-0.4, -0.2) is 20.7 Å². The summed E-state index contributed by atoms with van der Waals surface area (Å²) in [7, 11) is 0. The molecule has 134 valence electrons. The van der Waals surface area contributed by atoms with Crippen LogP contribution in [0.5, 0.6) is 0 Å². The lowest BCUT2D eigenvalue weighted by Crippen LogP contribution is -2.15. The average molecular weight is 473 g/mol. The number of para-hydroxylation sites is 1. The van der Waals surface area contributed by atoms with Gasteiger partial charge in [-0.25, -0.2) is 9.67 Å². The SMILES string of the molecule is Nc1c(C(=O)Nc2ccc(C(F)(F)F)cn2)cnn1-c1ccccc1I. The van der Waals surface area contributed by atoms with E-state index in [9.17, 15) is 18.0 Å². The number of halogens is 4. The van der Waals surface area contributed by atoms with E-state index in [-0.39, 0.29) is 17.2 Å². The van der Waals surface area contributed by atoms with E-state index in [4.69, 9.17) is 5.73 Å². The maximum atomic E-state index is 12.5. The van der Waals surface area contributed by atoms with E-state index in [0.29, 0.717) is 11.9 Å². The number of hydrogen-bond acceptors (Lipinski definition) is 4. The van der Waals surface area contributed by atoms with Crippen molar-refractivity contribution in [2.24, 2.45) is 0 Å². The van der Waals surface area contributed by atoms with Crippen molar-refractivity contribution in [1.82, 2.24) is 14.8 Å². The number of carbonyl (C=O) groups excluding carboxylic acids is 1. The van der Waals surface area contributed by atoms with Gasteiger partial charge in [-0.1, -0.05) is 12.1 Å². The fraction of sp³-hybridized carbons (Fsp3) is 0.0625. The molecule has 0 atom stereocenters. The van der Waals surface area contributed by atoms with Crippen LogP contribution in [0.15, 0.2) is 48.8 Å². The fourth-order valence-corrected chi connectivity index (χ4v) is 2.78. The van der Waals surface area contributed by atoms with Gasteiger partial charge in [0, 0.05) is 9.77 Å². The van der Waals surface area contributed by atoms with Gasteiger partial charge in [0.2, 0.25) is 0 Å². The summed E-state index contributed by atoms with van der Waals surface area (Å²) in [5.41, 5.74) is 5.90. The first-order valence-corrected chi connectivity index (χ1v) is 8.28. The second-order valence-electron chi connectivity index (χ2n) is 5.19. The lowest BCUT2D eigenvalue weighted by atomic mass is 10.2. The Labute approximate surface area is 159 Å². The van der Waals surface area contributed by atoms with Crippen LogP contribution in [-0.2, 0) is 6.18 Å². The zero-order chi connectivity index (χ0) is 18.9. The van der Waals surface area contributed by atoms with E-state index in [1.54, 1.807) is 6.07 Å². The number of alkyl halides is 3. The molecule has 2 heterocycles. The molecular formula is C16H11F3IN5O. The van der Waals surface area contributed by atoms with Crippen LogP contribution in [0.1, 0.15) is 15.9 Å². The number of hydrogen-bond donors (Lipinski definition) is 2. The molecule has 0 unspecified atom stereocenters. The molecule has 0 saturated carbocycles. The van der Waals surface area contributed by atoms with Crippen molar-refractivity contribution in [2.75, 3.05) is 11.1 Å². The van der Waals surface area contributed by atoms with Crippen molar-refractivity contribution in [2.45, 2.75) is 6.18 Å². The van der Waals surface area contributed by atoms with E-state index in [1.807, 2.05) is 18.2 Å². The van der Waals surface area contributed by atoms with Gasteiger partial charge < -0.3 is 11.1 Å². The molecule has 10 heteroatoms. The van der Waals surface area contributed by atoms with Crippen LogP contribution in [0.25, 0.3) is 5.69 Å². The van der Waals surface area contributed by atoms with Gasteiger partial charge in [-0.2, -0.15) is 18.3 Å². The molecule has 2 aromatic heterocycles. The first-order valence-electron chi connectivity index (χ1n) is 7.20. The van der Waals surface area contributed by atoms with Crippen molar-refractivity contribution >= 4 is 40.1 Å². The normalized spacial score (nSPS) is 11.4. The van der Waals surface area contributed by atoms with Gasteiger partial charge in [0.05, 0.1) is 17.4 Å². The smallest absolute Gasteiger partial charge is 0.383 e. The minimum atomic E-state index is -4.49. The maximum Gasteiger partial charge on any atom is 0.417 e. The predicted molar refractivity (Wildman–Crippen MR) is 97.9 cm³/mol. The molecule has 1 aromatic carbocycles. The molecule has 26 heavy (non-hydrogen) atoms. The van der Waals surface area contributed by atoms with Crippen LogP contribution >= 0.6 is 22.6 Å².